The predicted molar refractivity (Wildman–Crippen MR) is 277 cm³/mol. The Morgan fingerprint density at radius 3 is 1.38 bits per heavy atom. The van der Waals surface area contributed by atoms with Crippen LogP contribution in [0.3, 0.4) is 0 Å². The van der Waals surface area contributed by atoms with E-state index in [2.05, 4.69) is 67.8 Å². The number of amides is 1. The summed E-state index contributed by atoms with van der Waals surface area (Å²) in [6, 6.07) is -0.869. The van der Waals surface area contributed by atoms with Crippen LogP contribution in [0.4, 0.5) is 0 Å². The van der Waals surface area contributed by atoms with Gasteiger partial charge < -0.3 is 19.8 Å². The number of hydrogen-bond acceptors (Lipinski definition) is 5. The third-order valence-electron chi connectivity index (χ3n) is 11.7. The molecule has 0 bridgehead atoms. The summed E-state index contributed by atoms with van der Waals surface area (Å²) in [5.74, 6) is -0.192. The second-order valence-electron chi connectivity index (χ2n) is 19.2. The maximum atomic E-state index is 12.9. The Morgan fingerprint density at radius 1 is 0.531 bits per heavy atom. The van der Waals surface area contributed by atoms with E-state index in [0.29, 0.717) is 17.4 Å². The molecule has 0 aliphatic rings. The van der Waals surface area contributed by atoms with Crippen LogP contribution in [0.1, 0.15) is 232 Å². The topological polar surface area (TPSA) is 105 Å². The van der Waals surface area contributed by atoms with Gasteiger partial charge in [-0.05, 0) is 77.0 Å². The zero-order valence-electron chi connectivity index (χ0n) is 42.5. The van der Waals surface area contributed by atoms with Gasteiger partial charge in [-0.25, -0.2) is 4.57 Å². The van der Waals surface area contributed by atoms with Gasteiger partial charge in [-0.15, -0.1) is 0 Å². The van der Waals surface area contributed by atoms with Crippen LogP contribution in [0.5, 0.6) is 0 Å². The van der Waals surface area contributed by atoms with Crippen LogP contribution < -0.4 is 5.32 Å². The molecule has 9 heteroatoms. The van der Waals surface area contributed by atoms with Crippen molar-refractivity contribution in [3.8, 4) is 0 Å². The van der Waals surface area contributed by atoms with Gasteiger partial charge in [-0.1, -0.05) is 209 Å². The highest BCUT2D eigenvalue weighted by molar-refractivity contribution is 7.47. The summed E-state index contributed by atoms with van der Waals surface area (Å²) in [7, 11) is 1.54. The molecule has 374 valence electrons. The smallest absolute Gasteiger partial charge is 0.387 e. The fourth-order valence-electron chi connectivity index (χ4n) is 7.46. The van der Waals surface area contributed by atoms with E-state index in [1.807, 2.05) is 27.2 Å². The number of phosphoric acid groups is 1. The van der Waals surface area contributed by atoms with Crippen LogP contribution in [0.25, 0.3) is 0 Å². The first-order valence-corrected chi connectivity index (χ1v) is 28.2. The molecule has 0 saturated carbocycles. The number of likely N-dealkylation sites (N-methyl/N-ethyl adjacent to an activating group) is 1. The Bertz CT molecular complexity index is 1230. The molecule has 64 heavy (non-hydrogen) atoms. The van der Waals surface area contributed by atoms with Crippen LogP contribution in [0, 0.1) is 0 Å². The fraction of sp³-hybridized carbons (Fsp3) is 0.800. The number of nitrogens with zero attached hydrogens (tertiary/aromatic N) is 1. The van der Waals surface area contributed by atoms with E-state index in [4.69, 9.17) is 9.05 Å². The van der Waals surface area contributed by atoms with Crippen molar-refractivity contribution in [2.75, 3.05) is 40.9 Å². The molecule has 0 aromatic rings. The number of carbonyl (C=O) groups is 1. The SMILES string of the molecule is CCCCC/C=C/CC/C=C/CC/C=C/C(O)C(COP(=O)(O)OCC[N+](C)(C)C)NC(=O)CCCCCCCCCCCCCCCCCCC/C=C\C/C=C\CCCCCCC. The van der Waals surface area contributed by atoms with E-state index < -0.39 is 20.0 Å². The van der Waals surface area contributed by atoms with E-state index >= 15 is 0 Å². The highest BCUT2D eigenvalue weighted by atomic mass is 31.2. The molecular formula is C55H104N2O6P+. The van der Waals surface area contributed by atoms with Crippen molar-refractivity contribution in [2.24, 2.45) is 0 Å². The van der Waals surface area contributed by atoms with Crippen LogP contribution >= 0.6 is 7.82 Å². The maximum Gasteiger partial charge on any atom is 0.472 e. The second kappa shape index (κ2) is 46.3. The molecule has 0 radical (unpaired) electrons. The lowest BCUT2D eigenvalue weighted by Gasteiger charge is -2.25. The van der Waals surface area contributed by atoms with Gasteiger partial charge in [0, 0.05) is 6.42 Å². The lowest BCUT2D eigenvalue weighted by Crippen LogP contribution is -2.45. The molecule has 0 aromatic carbocycles. The quantitative estimate of drug-likeness (QED) is 0.0243. The van der Waals surface area contributed by atoms with Crippen molar-refractivity contribution >= 4 is 13.7 Å². The van der Waals surface area contributed by atoms with Crippen molar-refractivity contribution in [3.05, 3.63) is 60.8 Å². The van der Waals surface area contributed by atoms with Crippen molar-refractivity contribution in [1.29, 1.82) is 0 Å². The first-order chi connectivity index (χ1) is 31.0. The van der Waals surface area contributed by atoms with Crippen molar-refractivity contribution in [2.45, 2.75) is 244 Å². The zero-order chi connectivity index (χ0) is 47.1. The van der Waals surface area contributed by atoms with Gasteiger partial charge in [0.2, 0.25) is 5.91 Å². The molecule has 8 nitrogen and oxygen atoms in total. The van der Waals surface area contributed by atoms with Gasteiger partial charge in [0.1, 0.15) is 13.2 Å². The Balaban J connectivity index is 4.14. The normalized spacial score (nSPS) is 14.5. The highest BCUT2D eigenvalue weighted by Crippen LogP contribution is 2.43. The summed E-state index contributed by atoms with van der Waals surface area (Å²) in [6.45, 7) is 4.74. The number of hydrogen-bond donors (Lipinski definition) is 3. The van der Waals surface area contributed by atoms with Crippen molar-refractivity contribution in [3.63, 3.8) is 0 Å². The van der Waals surface area contributed by atoms with E-state index in [0.717, 1.165) is 57.8 Å². The maximum absolute atomic E-state index is 12.9. The number of quaternary nitrogens is 1. The number of phosphoric ester groups is 1. The summed E-state index contributed by atoms with van der Waals surface area (Å²) >= 11 is 0. The molecular weight excluding hydrogens is 816 g/mol. The fourth-order valence-corrected chi connectivity index (χ4v) is 8.19. The van der Waals surface area contributed by atoms with Crippen molar-refractivity contribution < 1.29 is 32.9 Å². The summed E-state index contributed by atoms with van der Waals surface area (Å²) in [4.78, 5) is 23.2. The number of carbonyl (C=O) groups excluding carboxylic acids is 1. The van der Waals surface area contributed by atoms with E-state index in [1.165, 1.54) is 154 Å². The lowest BCUT2D eigenvalue weighted by molar-refractivity contribution is -0.870. The van der Waals surface area contributed by atoms with Crippen LogP contribution in [0.2, 0.25) is 0 Å². The summed E-state index contributed by atoms with van der Waals surface area (Å²) in [5, 5.41) is 13.8. The molecule has 0 rings (SSSR count). The first-order valence-electron chi connectivity index (χ1n) is 26.7. The second-order valence-corrected chi connectivity index (χ2v) is 20.7. The van der Waals surface area contributed by atoms with E-state index in [1.54, 1.807) is 6.08 Å². The monoisotopic (exact) mass is 920 g/mol. The molecule has 0 fully saturated rings. The van der Waals surface area contributed by atoms with Crippen molar-refractivity contribution in [1.82, 2.24) is 5.32 Å². The Morgan fingerprint density at radius 2 is 0.906 bits per heavy atom. The summed E-state index contributed by atoms with van der Waals surface area (Å²) < 4.78 is 23.6. The van der Waals surface area contributed by atoms with Gasteiger partial charge in [-0.3, -0.25) is 13.8 Å². The molecule has 0 aliphatic heterocycles. The summed E-state index contributed by atoms with van der Waals surface area (Å²) in [5.41, 5.74) is 0. The Hall–Kier alpha value is -1.80. The van der Waals surface area contributed by atoms with Crippen LogP contribution in [-0.2, 0) is 18.4 Å². The Kier molecular flexibility index (Phi) is 45.0. The van der Waals surface area contributed by atoms with Gasteiger partial charge in [0.05, 0.1) is 39.9 Å². The van der Waals surface area contributed by atoms with Gasteiger partial charge in [0.15, 0.2) is 0 Å². The number of aliphatic hydroxyl groups is 1. The van der Waals surface area contributed by atoms with Crippen LogP contribution in [0.15, 0.2) is 60.8 Å². The average Bonchev–Trinajstić information content (AvgIpc) is 3.25. The van der Waals surface area contributed by atoms with E-state index in [9.17, 15) is 19.4 Å². The summed E-state index contributed by atoms with van der Waals surface area (Å²) in [6.07, 6.45) is 61.8. The van der Waals surface area contributed by atoms with Gasteiger partial charge in [-0.2, -0.15) is 0 Å². The van der Waals surface area contributed by atoms with Gasteiger partial charge in [0.25, 0.3) is 0 Å². The number of rotatable bonds is 48. The predicted octanol–water partition coefficient (Wildman–Crippen LogP) is 15.8. The third kappa shape index (κ3) is 48.1. The molecule has 0 aromatic heterocycles. The van der Waals surface area contributed by atoms with Gasteiger partial charge >= 0.3 is 7.82 Å². The molecule has 3 unspecified atom stereocenters. The highest BCUT2D eigenvalue weighted by Gasteiger charge is 2.27. The largest absolute Gasteiger partial charge is 0.472 e. The molecule has 0 saturated heterocycles. The standard InChI is InChI=1S/C55H103N2O6P/c1-6-8-10-12-14-16-18-20-21-22-23-24-25-26-27-28-29-30-31-32-33-34-35-37-39-41-43-45-47-49-55(59)56-53(52-63-64(60,61)62-51-50-57(3,4)5)54(58)48-46-44-42-40-38-36-19-17-15-13-11-9-7-2/h15,17-18,20,22-23,38,40,46,48,53-54,58H,6-14,16,19,21,24-37,39,41-45,47,49-52H2,1-5H3,(H-,56,59,60,61)/p+1/b17-15+,20-18-,23-22-,40-38+,48-46+. The van der Waals surface area contributed by atoms with E-state index in [-0.39, 0.29) is 19.1 Å². The molecule has 0 spiro atoms. The number of aliphatic hydroxyl groups excluding tert-OH is 1. The zero-order valence-corrected chi connectivity index (χ0v) is 43.4. The van der Waals surface area contributed by atoms with Crippen LogP contribution in [-0.4, -0.2) is 73.4 Å². The number of unbranched alkanes of at least 4 members (excludes halogenated alkanes) is 27. The minimum atomic E-state index is -4.35. The number of allylic oxidation sites excluding steroid dienone is 9. The average molecular weight is 920 g/mol. The minimum absolute atomic E-state index is 0.0525. The molecule has 0 heterocycles. The molecule has 1 amide bonds. The molecule has 0 aliphatic carbocycles. The Labute approximate surface area is 396 Å². The number of nitrogens with one attached hydrogen (secondary N) is 1. The molecule has 3 N–H and O–H groups in total. The first kappa shape index (κ1) is 62.2. The lowest BCUT2D eigenvalue weighted by atomic mass is 10.0. The minimum Gasteiger partial charge on any atom is -0.387 e. The third-order valence-corrected chi connectivity index (χ3v) is 12.7. The molecule has 3 atom stereocenters.